The molecule has 0 saturated carbocycles. The van der Waals surface area contributed by atoms with Crippen LogP contribution in [-0.4, -0.2) is 24.7 Å². The molecule has 1 heterocycles. The number of nitrogen functional groups attached to an aromatic ring is 1. The summed E-state index contributed by atoms with van der Waals surface area (Å²) in [6, 6.07) is 4.90. The van der Waals surface area contributed by atoms with E-state index in [-0.39, 0.29) is 10.6 Å². The molecule has 0 saturated heterocycles. The number of anilines is 1. The summed E-state index contributed by atoms with van der Waals surface area (Å²) in [6.45, 7) is 2.17. The first-order valence-electron chi connectivity index (χ1n) is 6.22. The predicted molar refractivity (Wildman–Crippen MR) is 77.7 cm³/mol. The lowest BCUT2D eigenvalue weighted by molar-refractivity contribution is 0.582. The van der Waals surface area contributed by atoms with E-state index in [9.17, 15) is 8.42 Å². The summed E-state index contributed by atoms with van der Waals surface area (Å²) in [6.07, 6.45) is 4.15. The Morgan fingerprint density at radius 2 is 2.15 bits per heavy atom. The highest BCUT2D eigenvalue weighted by Crippen LogP contribution is 2.19. The lowest BCUT2D eigenvalue weighted by atomic mass is 10.2. The van der Waals surface area contributed by atoms with Crippen molar-refractivity contribution in [3.05, 3.63) is 41.7 Å². The number of nitrogens with two attached hydrogens (primary N) is 1. The number of rotatable bonds is 5. The van der Waals surface area contributed by atoms with E-state index >= 15 is 0 Å². The van der Waals surface area contributed by atoms with E-state index < -0.39 is 10.0 Å². The fraction of sp³-hybridized carbons (Fsp3) is 0.308. The van der Waals surface area contributed by atoms with E-state index in [4.69, 9.17) is 5.73 Å². The second-order valence-electron chi connectivity index (χ2n) is 4.71. The summed E-state index contributed by atoms with van der Waals surface area (Å²) in [5, 5.41) is 4.03. The van der Waals surface area contributed by atoms with E-state index in [1.807, 2.05) is 20.2 Å². The van der Waals surface area contributed by atoms with Crippen LogP contribution in [0.4, 0.5) is 5.69 Å². The monoisotopic (exact) mass is 294 g/mol. The van der Waals surface area contributed by atoms with Crippen molar-refractivity contribution < 1.29 is 8.42 Å². The van der Waals surface area contributed by atoms with Gasteiger partial charge in [-0.25, -0.2) is 13.1 Å². The van der Waals surface area contributed by atoms with Crippen LogP contribution in [0.3, 0.4) is 0 Å². The number of hydrogen-bond donors (Lipinski definition) is 2. The Morgan fingerprint density at radius 3 is 2.75 bits per heavy atom. The lowest BCUT2D eigenvalue weighted by Crippen LogP contribution is -2.26. The van der Waals surface area contributed by atoms with Gasteiger partial charge in [0.2, 0.25) is 10.0 Å². The van der Waals surface area contributed by atoms with Gasteiger partial charge in [0.15, 0.2) is 0 Å². The highest BCUT2D eigenvalue weighted by Gasteiger charge is 2.16. The molecule has 108 valence electrons. The Labute approximate surface area is 118 Å². The molecule has 1 aromatic heterocycles. The summed E-state index contributed by atoms with van der Waals surface area (Å²) in [4.78, 5) is 0.120. The molecule has 2 aromatic rings. The third-order valence-corrected chi connectivity index (χ3v) is 4.45. The first-order valence-corrected chi connectivity index (χ1v) is 7.70. The lowest BCUT2D eigenvalue weighted by Gasteiger charge is -2.09. The van der Waals surface area contributed by atoms with Gasteiger partial charge in [-0.2, -0.15) is 5.10 Å². The first-order chi connectivity index (χ1) is 9.38. The topological polar surface area (TPSA) is 90.0 Å². The minimum Gasteiger partial charge on any atom is -0.398 e. The fourth-order valence-corrected chi connectivity index (χ4v) is 3.06. The zero-order chi connectivity index (χ0) is 14.8. The van der Waals surface area contributed by atoms with Gasteiger partial charge >= 0.3 is 0 Å². The average molecular weight is 294 g/mol. The van der Waals surface area contributed by atoms with Crippen molar-refractivity contribution in [3.63, 3.8) is 0 Å². The van der Waals surface area contributed by atoms with Gasteiger partial charge in [0.05, 0.1) is 11.9 Å². The van der Waals surface area contributed by atoms with E-state index in [0.717, 1.165) is 11.1 Å². The highest BCUT2D eigenvalue weighted by molar-refractivity contribution is 7.89. The summed E-state index contributed by atoms with van der Waals surface area (Å²) in [5.41, 5.74) is 7.93. The van der Waals surface area contributed by atoms with Crippen LogP contribution in [0.2, 0.25) is 0 Å². The van der Waals surface area contributed by atoms with Crippen molar-refractivity contribution in [1.29, 1.82) is 0 Å². The van der Waals surface area contributed by atoms with Crippen LogP contribution in [0.25, 0.3) is 0 Å². The molecular formula is C13H18N4O2S. The Bertz CT molecular complexity index is 707. The van der Waals surface area contributed by atoms with E-state index in [2.05, 4.69) is 9.82 Å². The van der Waals surface area contributed by atoms with Gasteiger partial charge in [0.1, 0.15) is 4.90 Å². The molecule has 0 atom stereocenters. The van der Waals surface area contributed by atoms with Crippen LogP contribution in [0.15, 0.2) is 35.5 Å². The minimum absolute atomic E-state index is 0.120. The maximum Gasteiger partial charge on any atom is 0.242 e. The molecule has 7 heteroatoms. The van der Waals surface area contributed by atoms with Crippen molar-refractivity contribution in [1.82, 2.24) is 14.5 Å². The van der Waals surface area contributed by atoms with Crippen LogP contribution >= 0.6 is 0 Å². The number of aryl methyl sites for hydroxylation is 2. The van der Waals surface area contributed by atoms with Crippen molar-refractivity contribution in [3.8, 4) is 0 Å². The number of nitrogens with one attached hydrogen (secondary N) is 1. The van der Waals surface area contributed by atoms with E-state index in [1.165, 1.54) is 6.07 Å². The predicted octanol–water partition coefficient (Wildman–Crippen LogP) is 0.832. The maximum absolute atomic E-state index is 12.1. The van der Waals surface area contributed by atoms with Gasteiger partial charge < -0.3 is 5.73 Å². The summed E-state index contributed by atoms with van der Waals surface area (Å²) in [7, 11) is -1.75. The van der Waals surface area contributed by atoms with Gasteiger partial charge in [-0.15, -0.1) is 0 Å². The molecule has 2 rings (SSSR count). The van der Waals surface area contributed by atoms with E-state index in [0.29, 0.717) is 13.0 Å². The van der Waals surface area contributed by atoms with E-state index in [1.54, 1.807) is 23.0 Å². The van der Waals surface area contributed by atoms with Crippen molar-refractivity contribution >= 4 is 15.7 Å². The highest BCUT2D eigenvalue weighted by atomic mass is 32.2. The Morgan fingerprint density at radius 1 is 1.40 bits per heavy atom. The molecule has 0 unspecified atom stereocenters. The summed E-state index contributed by atoms with van der Waals surface area (Å²) in [5.74, 6) is 0. The van der Waals surface area contributed by atoms with Crippen LogP contribution in [0, 0.1) is 6.92 Å². The number of sulfonamides is 1. The molecule has 0 fully saturated rings. The van der Waals surface area contributed by atoms with Gasteiger partial charge in [-0.3, -0.25) is 4.68 Å². The molecule has 0 spiro atoms. The fourth-order valence-electron chi connectivity index (χ4n) is 1.92. The van der Waals surface area contributed by atoms with Gasteiger partial charge in [-0.05, 0) is 36.6 Å². The molecule has 1 aromatic carbocycles. The molecule has 0 aliphatic heterocycles. The smallest absolute Gasteiger partial charge is 0.242 e. The maximum atomic E-state index is 12.1. The van der Waals surface area contributed by atoms with Crippen molar-refractivity contribution in [2.75, 3.05) is 12.3 Å². The zero-order valence-electron chi connectivity index (χ0n) is 11.5. The Balaban J connectivity index is 2.04. The zero-order valence-corrected chi connectivity index (χ0v) is 12.3. The third-order valence-electron chi connectivity index (χ3n) is 2.92. The van der Waals surface area contributed by atoms with Crippen LogP contribution < -0.4 is 10.5 Å². The molecule has 0 aliphatic carbocycles. The van der Waals surface area contributed by atoms with Crippen LogP contribution in [0.5, 0.6) is 0 Å². The Kier molecular flexibility index (Phi) is 4.10. The summed E-state index contributed by atoms with van der Waals surface area (Å²) >= 11 is 0. The van der Waals surface area contributed by atoms with Gasteiger partial charge in [0.25, 0.3) is 0 Å². The van der Waals surface area contributed by atoms with Crippen LogP contribution in [0.1, 0.15) is 11.1 Å². The first kappa shape index (κ1) is 14.5. The second kappa shape index (κ2) is 5.64. The van der Waals surface area contributed by atoms with Gasteiger partial charge in [0, 0.05) is 19.8 Å². The largest absolute Gasteiger partial charge is 0.398 e. The number of nitrogens with zero attached hydrogens (tertiary/aromatic N) is 2. The number of hydrogen-bond acceptors (Lipinski definition) is 4. The quantitative estimate of drug-likeness (QED) is 0.799. The molecule has 0 bridgehead atoms. The molecular weight excluding hydrogens is 276 g/mol. The SMILES string of the molecule is Cc1ccc(S(=O)(=O)NCCc2cnn(C)c2)c(N)c1. The van der Waals surface area contributed by atoms with Crippen molar-refractivity contribution in [2.24, 2.45) is 7.05 Å². The third kappa shape index (κ3) is 3.37. The molecule has 0 radical (unpaired) electrons. The standard InChI is InChI=1S/C13H18N4O2S/c1-10-3-4-13(12(14)7-10)20(18,19)16-6-5-11-8-15-17(2)9-11/h3-4,7-9,16H,5-6,14H2,1-2H3. The average Bonchev–Trinajstić information content (AvgIpc) is 2.74. The van der Waals surface area contributed by atoms with Gasteiger partial charge in [-0.1, -0.05) is 6.07 Å². The van der Waals surface area contributed by atoms with Crippen molar-refractivity contribution in [2.45, 2.75) is 18.2 Å². The Hall–Kier alpha value is -1.86. The summed E-state index contributed by atoms with van der Waals surface area (Å²) < 4.78 is 28.5. The molecule has 0 aliphatic rings. The normalized spacial score (nSPS) is 11.7. The molecule has 20 heavy (non-hydrogen) atoms. The number of benzene rings is 1. The van der Waals surface area contributed by atoms with Crippen LogP contribution in [-0.2, 0) is 23.5 Å². The number of aromatic nitrogens is 2. The molecule has 3 N–H and O–H groups in total. The molecule has 0 amide bonds. The second-order valence-corrected chi connectivity index (χ2v) is 6.45. The molecule has 6 nitrogen and oxygen atoms in total. The minimum atomic E-state index is -3.57.